The van der Waals surface area contributed by atoms with Gasteiger partial charge in [0.25, 0.3) is 0 Å². The van der Waals surface area contributed by atoms with Crippen LogP contribution in [0.25, 0.3) is 10.9 Å². The van der Waals surface area contributed by atoms with Crippen LogP contribution in [0, 0.1) is 6.92 Å². The van der Waals surface area contributed by atoms with Crippen molar-refractivity contribution in [3.05, 3.63) is 53.3 Å². The molecule has 0 atom stereocenters. The number of hydrogen-bond donors (Lipinski definition) is 1. The number of aryl methyl sites for hydroxylation is 1. The summed E-state index contributed by atoms with van der Waals surface area (Å²) in [7, 11) is 0. The fourth-order valence-electron chi connectivity index (χ4n) is 1.92. The number of nitrogens with zero attached hydrogens (tertiary/aromatic N) is 2. The molecule has 0 saturated carbocycles. The molecule has 0 saturated heterocycles. The molecule has 0 radical (unpaired) electrons. The zero-order valence-electron chi connectivity index (χ0n) is 10.8. The molecule has 0 aliphatic rings. The first-order chi connectivity index (χ1) is 9.63. The molecule has 3 aromatic rings. The number of aromatic nitrogens is 2. The van der Waals surface area contributed by atoms with Crippen molar-refractivity contribution in [3.8, 4) is 11.6 Å². The number of halogens is 1. The highest BCUT2D eigenvalue weighted by atomic mass is 35.5. The zero-order chi connectivity index (χ0) is 14.1. The second-order valence-corrected chi connectivity index (χ2v) is 4.90. The summed E-state index contributed by atoms with van der Waals surface area (Å²) in [6.45, 7) is 1.95. The second kappa shape index (κ2) is 4.98. The Balaban J connectivity index is 2.10. The Morgan fingerprint density at radius 1 is 1.10 bits per heavy atom. The van der Waals surface area contributed by atoms with E-state index in [1.165, 1.54) is 6.33 Å². The number of hydrogen-bond acceptors (Lipinski definition) is 4. The highest BCUT2D eigenvalue weighted by molar-refractivity contribution is 6.30. The molecule has 5 heteroatoms. The second-order valence-electron chi connectivity index (χ2n) is 4.47. The van der Waals surface area contributed by atoms with Crippen LogP contribution in [0.3, 0.4) is 0 Å². The normalized spacial score (nSPS) is 10.7. The molecule has 20 heavy (non-hydrogen) atoms. The van der Waals surface area contributed by atoms with Gasteiger partial charge in [-0.15, -0.1) is 0 Å². The molecule has 0 bridgehead atoms. The van der Waals surface area contributed by atoms with Crippen LogP contribution < -0.4 is 10.5 Å². The number of anilines is 1. The van der Waals surface area contributed by atoms with Gasteiger partial charge in [0.2, 0.25) is 5.88 Å². The third kappa shape index (κ3) is 2.38. The van der Waals surface area contributed by atoms with Gasteiger partial charge < -0.3 is 10.5 Å². The molecule has 0 amide bonds. The van der Waals surface area contributed by atoms with E-state index in [-0.39, 0.29) is 0 Å². The maximum absolute atomic E-state index is 5.99. The van der Waals surface area contributed by atoms with Gasteiger partial charge in [-0.05, 0) is 42.8 Å². The Kier molecular flexibility index (Phi) is 3.16. The fraction of sp³-hybridized carbons (Fsp3) is 0.0667. The molecule has 0 aliphatic heterocycles. The fourth-order valence-corrected chi connectivity index (χ4v) is 2.08. The van der Waals surface area contributed by atoms with E-state index in [4.69, 9.17) is 22.1 Å². The van der Waals surface area contributed by atoms with E-state index < -0.39 is 0 Å². The summed E-state index contributed by atoms with van der Waals surface area (Å²) < 4.78 is 5.87. The molecular weight excluding hydrogens is 274 g/mol. The van der Waals surface area contributed by atoms with Gasteiger partial charge in [-0.1, -0.05) is 17.7 Å². The zero-order valence-corrected chi connectivity index (χ0v) is 11.6. The van der Waals surface area contributed by atoms with Crippen LogP contribution in [0.4, 0.5) is 5.69 Å². The van der Waals surface area contributed by atoms with Crippen molar-refractivity contribution < 1.29 is 4.74 Å². The monoisotopic (exact) mass is 285 g/mol. The average Bonchev–Trinajstić information content (AvgIpc) is 2.43. The van der Waals surface area contributed by atoms with E-state index >= 15 is 0 Å². The lowest BCUT2D eigenvalue weighted by Gasteiger charge is -2.10. The number of benzene rings is 2. The summed E-state index contributed by atoms with van der Waals surface area (Å²) in [6.07, 6.45) is 1.47. The summed E-state index contributed by atoms with van der Waals surface area (Å²) in [5.41, 5.74) is 8.21. The van der Waals surface area contributed by atoms with Gasteiger partial charge in [0.15, 0.2) is 0 Å². The smallest absolute Gasteiger partial charge is 0.230 e. The molecule has 0 aliphatic carbocycles. The van der Waals surface area contributed by atoms with Crippen molar-refractivity contribution >= 4 is 28.2 Å². The van der Waals surface area contributed by atoms with Crippen LogP contribution in [-0.2, 0) is 0 Å². The highest BCUT2D eigenvalue weighted by Crippen LogP contribution is 2.31. The molecule has 3 rings (SSSR count). The Bertz CT molecular complexity index is 789. The lowest BCUT2D eigenvalue weighted by Crippen LogP contribution is -1.94. The van der Waals surface area contributed by atoms with Gasteiger partial charge in [-0.3, -0.25) is 0 Å². The van der Waals surface area contributed by atoms with Crippen LogP contribution in [0.15, 0.2) is 42.7 Å². The first kappa shape index (κ1) is 12.7. The molecular formula is C15H12ClN3O. The number of ether oxygens (including phenoxy) is 1. The van der Waals surface area contributed by atoms with E-state index in [2.05, 4.69) is 9.97 Å². The molecule has 2 N–H and O–H groups in total. The van der Waals surface area contributed by atoms with Gasteiger partial charge in [0, 0.05) is 10.7 Å². The molecule has 1 aromatic heterocycles. The number of rotatable bonds is 2. The van der Waals surface area contributed by atoms with Crippen LogP contribution in [-0.4, -0.2) is 9.97 Å². The van der Waals surface area contributed by atoms with Crippen molar-refractivity contribution in [1.82, 2.24) is 9.97 Å². The summed E-state index contributed by atoms with van der Waals surface area (Å²) >= 11 is 5.99. The number of fused-ring (bicyclic) bond motifs is 1. The SMILES string of the molecule is Cc1ccc(Cl)cc1Oc1ncnc2ccc(N)cc12. The predicted molar refractivity (Wildman–Crippen MR) is 80.2 cm³/mol. The quantitative estimate of drug-likeness (QED) is 0.724. The third-order valence-electron chi connectivity index (χ3n) is 2.98. The van der Waals surface area contributed by atoms with Gasteiger partial charge >= 0.3 is 0 Å². The maximum atomic E-state index is 5.99. The van der Waals surface area contributed by atoms with Gasteiger partial charge in [0.1, 0.15) is 12.1 Å². The molecule has 0 spiro atoms. The Hall–Kier alpha value is -2.33. The van der Waals surface area contributed by atoms with Crippen molar-refractivity contribution in [2.24, 2.45) is 0 Å². The molecule has 100 valence electrons. The molecule has 0 unspecified atom stereocenters. The minimum absolute atomic E-state index is 0.465. The van der Waals surface area contributed by atoms with E-state index in [1.807, 2.05) is 25.1 Å². The molecule has 0 fully saturated rings. The van der Waals surface area contributed by atoms with Crippen LogP contribution in [0.5, 0.6) is 11.6 Å². The van der Waals surface area contributed by atoms with Crippen LogP contribution >= 0.6 is 11.6 Å². The molecule has 1 heterocycles. The average molecular weight is 286 g/mol. The Morgan fingerprint density at radius 3 is 2.80 bits per heavy atom. The summed E-state index contributed by atoms with van der Waals surface area (Å²) in [5, 5.41) is 1.38. The lowest BCUT2D eigenvalue weighted by atomic mass is 10.2. The topological polar surface area (TPSA) is 61.0 Å². The number of nitrogen functional groups attached to an aromatic ring is 1. The largest absolute Gasteiger partial charge is 0.438 e. The maximum Gasteiger partial charge on any atom is 0.230 e. The van der Waals surface area contributed by atoms with E-state index in [0.29, 0.717) is 22.3 Å². The summed E-state index contributed by atoms with van der Waals surface area (Å²) in [4.78, 5) is 8.37. The predicted octanol–water partition coefficient (Wildman–Crippen LogP) is 3.97. The molecule has 2 aromatic carbocycles. The Labute approximate surface area is 121 Å². The Morgan fingerprint density at radius 2 is 1.95 bits per heavy atom. The van der Waals surface area contributed by atoms with Gasteiger partial charge in [0.05, 0.1) is 10.9 Å². The standard InChI is InChI=1S/C15H12ClN3O/c1-9-2-3-10(16)6-14(9)20-15-12-7-11(17)4-5-13(12)18-8-19-15/h2-8H,17H2,1H3. The molecule has 4 nitrogen and oxygen atoms in total. The van der Waals surface area contributed by atoms with Crippen LogP contribution in [0.2, 0.25) is 5.02 Å². The first-order valence-electron chi connectivity index (χ1n) is 6.08. The lowest BCUT2D eigenvalue weighted by molar-refractivity contribution is 0.464. The van der Waals surface area contributed by atoms with Crippen LogP contribution in [0.1, 0.15) is 5.56 Å². The van der Waals surface area contributed by atoms with E-state index in [0.717, 1.165) is 16.5 Å². The summed E-state index contributed by atoms with van der Waals surface area (Å²) in [5.74, 6) is 1.13. The first-order valence-corrected chi connectivity index (χ1v) is 6.45. The van der Waals surface area contributed by atoms with Crippen molar-refractivity contribution in [2.75, 3.05) is 5.73 Å². The van der Waals surface area contributed by atoms with E-state index in [9.17, 15) is 0 Å². The van der Waals surface area contributed by atoms with Crippen molar-refractivity contribution in [2.45, 2.75) is 6.92 Å². The third-order valence-corrected chi connectivity index (χ3v) is 3.21. The van der Waals surface area contributed by atoms with Crippen molar-refractivity contribution in [3.63, 3.8) is 0 Å². The summed E-state index contributed by atoms with van der Waals surface area (Å²) in [6, 6.07) is 10.9. The minimum atomic E-state index is 0.465. The van der Waals surface area contributed by atoms with Crippen molar-refractivity contribution in [1.29, 1.82) is 0 Å². The minimum Gasteiger partial charge on any atom is -0.438 e. The van der Waals surface area contributed by atoms with Gasteiger partial charge in [-0.2, -0.15) is 0 Å². The highest BCUT2D eigenvalue weighted by Gasteiger charge is 2.08. The number of nitrogens with two attached hydrogens (primary N) is 1. The van der Waals surface area contributed by atoms with E-state index in [1.54, 1.807) is 18.2 Å². The van der Waals surface area contributed by atoms with Gasteiger partial charge in [-0.25, -0.2) is 9.97 Å².